The molecule has 0 unspecified atom stereocenters. The Bertz CT molecular complexity index is 1020. The molecule has 0 aliphatic heterocycles. The number of primary amides is 1. The summed E-state index contributed by atoms with van der Waals surface area (Å²) in [6.45, 7) is 0.764. The van der Waals surface area contributed by atoms with Crippen LogP contribution in [0.1, 0.15) is 57.4 Å². The number of aromatic nitrogens is 1. The second-order valence-corrected chi connectivity index (χ2v) is 9.38. The van der Waals surface area contributed by atoms with Gasteiger partial charge < -0.3 is 31.3 Å². The Morgan fingerprint density at radius 1 is 1.18 bits per heavy atom. The fourth-order valence-corrected chi connectivity index (χ4v) is 4.79. The van der Waals surface area contributed by atoms with E-state index in [1.54, 1.807) is 31.4 Å². The normalized spacial score (nSPS) is 14.7. The van der Waals surface area contributed by atoms with Gasteiger partial charge in [0.05, 0.1) is 12.8 Å². The average molecular weight is 489 g/mol. The van der Waals surface area contributed by atoms with E-state index < -0.39 is 17.9 Å². The zero-order valence-electron chi connectivity index (χ0n) is 19.7. The van der Waals surface area contributed by atoms with Crippen molar-refractivity contribution >= 4 is 34.9 Å². The number of benzene rings is 1. The predicted octanol–water partition coefficient (Wildman–Crippen LogP) is 1.64. The van der Waals surface area contributed by atoms with Gasteiger partial charge in [0.2, 0.25) is 5.91 Å². The van der Waals surface area contributed by atoms with Crippen molar-refractivity contribution in [2.75, 3.05) is 40.0 Å². The van der Waals surface area contributed by atoms with Gasteiger partial charge in [-0.05, 0) is 56.2 Å². The highest BCUT2D eigenvalue weighted by molar-refractivity contribution is 7.09. The number of hydrogen-bond acceptors (Lipinski definition) is 8. The maximum absolute atomic E-state index is 13.7. The molecule has 1 aromatic heterocycles. The van der Waals surface area contributed by atoms with Crippen molar-refractivity contribution in [2.24, 2.45) is 5.73 Å². The molecule has 1 aliphatic rings. The topological polar surface area (TPSA) is 144 Å². The van der Waals surface area contributed by atoms with Crippen LogP contribution in [-0.2, 0) is 4.79 Å². The molecule has 34 heavy (non-hydrogen) atoms. The number of carbonyl (C=O) groups excluding carboxylic acids is 3. The molecule has 1 fully saturated rings. The molecule has 1 aliphatic carbocycles. The van der Waals surface area contributed by atoms with E-state index in [4.69, 9.17) is 16.2 Å². The van der Waals surface area contributed by atoms with Crippen molar-refractivity contribution in [3.8, 4) is 5.75 Å². The van der Waals surface area contributed by atoms with Gasteiger partial charge in [0.1, 0.15) is 16.7 Å². The Hall–Kier alpha value is -3.18. The molecule has 2 aromatic rings. The Morgan fingerprint density at radius 3 is 2.35 bits per heavy atom. The van der Waals surface area contributed by atoms with E-state index in [1.165, 1.54) is 4.90 Å². The minimum Gasteiger partial charge on any atom is -0.497 e. The van der Waals surface area contributed by atoms with Crippen LogP contribution in [0.25, 0.3) is 0 Å². The minimum absolute atomic E-state index is 0.0676. The lowest BCUT2D eigenvalue weighted by Crippen LogP contribution is -2.48. The van der Waals surface area contributed by atoms with Crippen molar-refractivity contribution in [3.05, 3.63) is 40.4 Å². The number of nitrogens with zero attached hydrogens (tertiary/aromatic N) is 3. The highest BCUT2D eigenvalue weighted by atomic mass is 32.1. The molecule has 0 spiro atoms. The second-order valence-electron chi connectivity index (χ2n) is 8.61. The Labute approximate surface area is 203 Å². The fraction of sp³-hybridized carbons (Fsp3) is 0.478. The summed E-state index contributed by atoms with van der Waals surface area (Å²) in [5.74, 6) is -0.907. The summed E-state index contributed by atoms with van der Waals surface area (Å²) < 4.78 is 9.22. The van der Waals surface area contributed by atoms with Crippen LogP contribution in [0.3, 0.4) is 0 Å². The summed E-state index contributed by atoms with van der Waals surface area (Å²) in [6, 6.07) is 6.24. The van der Waals surface area contributed by atoms with Crippen LogP contribution in [0, 0.1) is 0 Å². The van der Waals surface area contributed by atoms with Gasteiger partial charge in [-0.3, -0.25) is 14.4 Å². The molecule has 184 valence electrons. The lowest BCUT2D eigenvalue weighted by atomic mass is 10.0. The number of ether oxygens (including phenoxy) is 1. The molecule has 0 bridgehead atoms. The summed E-state index contributed by atoms with van der Waals surface area (Å²) in [5, 5.41) is 3.12. The maximum Gasteiger partial charge on any atom is 0.270 e. The van der Waals surface area contributed by atoms with Crippen LogP contribution in [0.2, 0.25) is 0 Å². The van der Waals surface area contributed by atoms with Crippen LogP contribution in [0.4, 0.5) is 5.69 Å². The van der Waals surface area contributed by atoms with E-state index in [0.29, 0.717) is 17.9 Å². The van der Waals surface area contributed by atoms with Gasteiger partial charge >= 0.3 is 0 Å². The lowest BCUT2D eigenvalue weighted by molar-refractivity contribution is -0.126. The molecule has 1 aromatic carbocycles. The summed E-state index contributed by atoms with van der Waals surface area (Å²) in [6.07, 6.45) is 3.95. The fourth-order valence-electron chi connectivity index (χ4n) is 4.02. The molecule has 0 radical (unpaired) electrons. The van der Waals surface area contributed by atoms with E-state index >= 15 is 0 Å². The number of amides is 3. The van der Waals surface area contributed by atoms with E-state index in [9.17, 15) is 14.4 Å². The molecule has 0 saturated heterocycles. The number of likely N-dealkylation sites (N-methyl/N-ethyl adjacent to an activating group) is 1. The van der Waals surface area contributed by atoms with Gasteiger partial charge in [0, 0.05) is 19.1 Å². The molecule has 1 saturated carbocycles. The number of carbonyl (C=O) groups is 3. The van der Waals surface area contributed by atoms with Gasteiger partial charge in [-0.15, -0.1) is 0 Å². The summed E-state index contributed by atoms with van der Waals surface area (Å²) >= 11 is 0.806. The Kier molecular flexibility index (Phi) is 8.46. The van der Waals surface area contributed by atoms with Gasteiger partial charge in [0.15, 0.2) is 5.69 Å². The molecule has 3 rings (SSSR count). The first-order valence-electron chi connectivity index (χ1n) is 11.2. The number of anilines is 1. The van der Waals surface area contributed by atoms with Crippen molar-refractivity contribution in [2.45, 2.75) is 37.8 Å². The number of nitrogen functional groups attached to an aromatic ring is 1. The lowest BCUT2D eigenvalue weighted by Gasteiger charge is -2.33. The minimum atomic E-state index is -0.905. The summed E-state index contributed by atoms with van der Waals surface area (Å²) in [4.78, 5) is 42.5. The van der Waals surface area contributed by atoms with E-state index in [2.05, 4.69) is 9.69 Å². The third-order valence-corrected chi connectivity index (χ3v) is 6.75. The Morgan fingerprint density at radius 2 is 1.82 bits per heavy atom. The highest BCUT2D eigenvalue weighted by Crippen LogP contribution is 2.30. The number of methoxy groups -OCH3 is 1. The number of nitrogens with one attached hydrogen (secondary N) is 1. The van der Waals surface area contributed by atoms with Gasteiger partial charge in [-0.25, -0.2) is 0 Å². The maximum atomic E-state index is 13.7. The first-order chi connectivity index (χ1) is 16.2. The monoisotopic (exact) mass is 488 g/mol. The highest BCUT2D eigenvalue weighted by Gasteiger charge is 2.35. The van der Waals surface area contributed by atoms with Gasteiger partial charge in [-0.2, -0.15) is 4.37 Å². The van der Waals surface area contributed by atoms with Crippen LogP contribution < -0.4 is 21.5 Å². The summed E-state index contributed by atoms with van der Waals surface area (Å²) in [7, 11) is 5.33. The van der Waals surface area contributed by atoms with Gasteiger partial charge in [-0.1, -0.05) is 25.0 Å². The van der Waals surface area contributed by atoms with Gasteiger partial charge in [0.25, 0.3) is 11.8 Å². The molecule has 11 heteroatoms. The summed E-state index contributed by atoms with van der Waals surface area (Å²) in [5.41, 5.74) is 11.8. The molecule has 10 nitrogen and oxygen atoms in total. The van der Waals surface area contributed by atoms with Crippen molar-refractivity contribution in [1.82, 2.24) is 19.5 Å². The van der Waals surface area contributed by atoms with Crippen LogP contribution in [0.15, 0.2) is 24.3 Å². The third-order valence-electron chi connectivity index (χ3n) is 5.90. The molecule has 1 atom stereocenters. The largest absolute Gasteiger partial charge is 0.497 e. The second kappa shape index (κ2) is 11.3. The van der Waals surface area contributed by atoms with Crippen LogP contribution in [0.5, 0.6) is 5.75 Å². The van der Waals surface area contributed by atoms with Crippen molar-refractivity contribution < 1.29 is 19.1 Å². The first kappa shape index (κ1) is 25.4. The van der Waals surface area contributed by atoms with Crippen LogP contribution in [-0.4, -0.2) is 72.2 Å². The number of rotatable bonds is 10. The molecule has 1 heterocycles. The third kappa shape index (κ3) is 5.84. The van der Waals surface area contributed by atoms with Crippen molar-refractivity contribution in [1.29, 1.82) is 0 Å². The number of nitrogens with two attached hydrogens (primary N) is 2. The SMILES string of the molecule is COc1ccc([C@@H](C(=O)NC2CCCC2)N(CCN(C)C)C(=O)c2snc(C(N)=O)c2N)cc1. The molecule has 5 N–H and O–H groups in total. The van der Waals surface area contributed by atoms with E-state index in [1.807, 2.05) is 19.0 Å². The van der Waals surface area contributed by atoms with Crippen LogP contribution >= 0.6 is 11.5 Å². The average Bonchev–Trinajstić information content (AvgIpc) is 3.45. The standard InChI is InChI=1S/C23H32N6O4S/c1-28(2)12-13-29(23(32)20-17(24)18(21(25)30)27-34-20)19(14-8-10-16(33-3)11-9-14)22(31)26-15-6-4-5-7-15/h8-11,15,19H,4-7,12-13,24H2,1-3H3,(H2,25,30)(H,26,31)/t19-/m0/s1. The first-order valence-corrected chi connectivity index (χ1v) is 11.9. The van der Waals surface area contributed by atoms with E-state index in [-0.39, 0.29) is 34.8 Å². The predicted molar refractivity (Wildman–Crippen MR) is 131 cm³/mol. The zero-order chi connectivity index (χ0) is 24.8. The number of hydrogen-bond donors (Lipinski definition) is 3. The Balaban J connectivity index is 2.03. The zero-order valence-corrected chi connectivity index (χ0v) is 20.6. The van der Waals surface area contributed by atoms with E-state index in [0.717, 1.165) is 37.2 Å². The smallest absolute Gasteiger partial charge is 0.270 e. The van der Waals surface area contributed by atoms with Crippen molar-refractivity contribution in [3.63, 3.8) is 0 Å². The molecular weight excluding hydrogens is 456 g/mol. The molecular formula is C23H32N6O4S. The quantitative estimate of drug-likeness (QED) is 0.461. The molecule has 3 amide bonds.